The number of hydrogen-bond donors (Lipinski definition) is 3. The van der Waals surface area contributed by atoms with Gasteiger partial charge in [0.25, 0.3) is 5.91 Å². The molecular formula is C16H16ClN3O2S. The number of halogens is 1. The average Bonchev–Trinajstić information content (AvgIpc) is 2.53. The van der Waals surface area contributed by atoms with Crippen molar-refractivity contribution in [1.29, 1.82) is 0 Å². The molecule has 0 aromatic heterocycles. The molecule has 0 aliphatic rings. The first-order valence-corrected chi connectivity index (χ1v) is 7.62. The van der Waals surface area contributed by atoms with Gasteiger partial charge in [0, 0.05) is 10.7 Å². The largest absolute Gasteiger partial charge is 0.484 e. The first-order valence-electron chi connectivity index (χ1n) is 6.84. The molecule has 0 saturated carbocycles. The van der Waals surface area contributed by atoms with Gasteiger partial charge >= 0.3 is 0 Å². The fourth-order valence-electron chi connectivity index (χ4n) is 1.71. The van der Waals surface area contributed by atoms with E-state index in [0.29, 0.717) is 10.8 Å². The van der Waals surface area contributed by atoms with Gasteiger partial charge in [-0.25, -0.2) is 0 Å². The number of hydrazine groups is 1. The summed E-state index contributed by atoms with van der Waals surface area (Å²) in [6.07, 6.45) is 0. The highest BCUT2D eigenvalue weighted by Crippen LogP contribution is 2.13. The summed E-state index contributed by atoms with van der Waals surface area (Å²) in [6.45, 7) is 1.84. The Labute approximate surface area is 145 Å². The molecule has 120 valence electrons. The lowest BCUT2D eigenvalue weighted by molar-refractivity contribution is -0.123. The van der Waals surface area contributed by atoms with Gasteiger partial charge in [-0.1, -0.05) is 23.7 Å². The predicted molar refractivity (Wildman–Crippen MR) is 95.6 cm³/mol. The minimum atomic E-state index is -0.341. The molecule has 7 heteroatoms. The molecule has 5 nitrogen and oxygen atoms in total. The maximum Gasteiger partial charge on any atom is 0.276 e. The lowest BCUT2D eigenvalue weighted by atomic mass is 10.2. The lowest BCUT2D eigenvalue weighted by Gasteiger charge is -2.12. The van der Waals surface area contributed by atoms with Crippen molar-refractivity contribution in [2.45, 2.75) is 6.92 Å². The van der Waals surface area contributed by atoms with Crippen molar-refractivity contribution in [1.82, 2.24) is 10.9 Å². The number of thiocarbonyl (C=S) groups is 1. The van der Waals surface area contributed by atoms with Gasteiger partial charge in [0.15, 0.2) is 11.7 Å². The number of benzene rings is 2. The zero-order valence-corrected chi connectivity index (χ0v) is 14.0. The van der Waals surface area contributed by atoms with Gasteiger partial charge in [-0.15, -0.1) is 0 Å². The highest BCUT2D eigenvalue weighted by molar-refractivity contribution is 7.80. The van der Waals surface area contributed by atoms with Crippen LogP contribution in [0.2, 0.25) is 5.02 Å². The van der Waals surface area contributed by atoms with E-state index >= 15 is 0 Å². The first-order chi connectivity index (χ1) is 11.0. The number of nitrogens with one attached hydrogen (secondary N) is 3. The Balaban J connectivity index is 1.71. The van der Waals surface area contributed by atoms with Crippen LogP contribution in [0.25, 0.3) is 0 Å². The van der Waals surface area contributed by atoms with Gasteiger partial charge < -0.3 is 10.1 Å². The van der Waals surface area contributed by atoms with Crippen LogP contribution < -0.4 is 20.9 Å². The zero-order chi connectivity index (χ0) is 16.7. The van der Waals surface area contributed by atoms with Crippen molar-refractivity contribution < 1.29 is 9.53 Å². The van der Waals surface area contributed by atoms with Crippen molar-refractivity contribution in [2.75, 3.05) is 11.9 Å². The number of amides is 1. The topological polar surface area (TPSA) is 62.4 Å². The Morgan fingerprint density at radius 2 is 1.91 bits per heavy atom. The molecule has 0 atom stereocenters. The van der Waals surface area contributed by atoms with Crippen LogP contribution in [-0.2, 0) is 4.79 Å². The normalized spacial score (nSPS) is 9.83. The number of anilines is 1. The summed E-state index contributed by atoms with van der Waals surface area (Å²) in [7, 11) is 0. The lowest BCUT2D eigenvalue weighted by Crippen LogP contribution is -2.45. The molecule has 23 heavy (non-hydrogen) atoms. The molecule has 0 heterocycles. The smallest absolute Gasteiger partial charge is 0.276 e. The second-order valence-electron chi connectivity index (χ2n) is 4.74. The number of rotatable bonds is 4. The number of carbonyl (C=O) groups excluding carboxylic acids is 1. The molecule has 2 aromatic rings. The second-order valence-corrected chi connectivity index (χ2v) is 5.58. The summed E-state index contributed by atoms with van der Waals surface area (Å²) in [5.74, 6) is 0.300. The van der Waals surface area contributed by atoms with Crippen LogP contribution in [0.3, 0.4) is 0 Å². The summed E-state index contributed by atoms with van der Waals surface area (Å²) >= 11 is 10.9. The Morgan fingerprint density at radius 3 is 2.61 bits per heavy atom. The molecule has 0 aliphatic heterocycles. The van der Waals surface area contributed by atoms with Crippen molar-refractivity contribution in [3.63, 3.8) is 0 Å². The minimum Gasteiger partial charge on any atom is -0.484 e. The molecule has 0 fully saturated rings. The van der Waals surface area contributed by atoms with Gasteiger partial charge in [-0.2, -0.15) is 0 Å². The van der Waals surface area contributed by atoms with Gasteiger partial charge in [0.05, 0.1) is 0 Å². The summed E-state index contributed by atoms with van der Waals surface area (Å²) in [4.78, 5) is 11.7. The van der Waals surface area contributed by atoms with E-state index in [9.17, 15) is 4.79 Å². The number of aryl methyl sites for hydroxylation is 1. The highest BCUT2D eigenvalue weighted by Gasteiger charge is 2.04. The Bertz CT molecular complexity index is 692. The molecular weight excluding hydrogens is 334 g/mol. The second kappa shape index (κ2) is 8.36. The van der Waals surface area contributed by atoms with Crippen molar-refractivity contribution in [3.05, 3.63) is 59.1 Å². The Kier molecular flexibility index (Phi) is 6.19. The number of carbonyl (C=O) groups is 1. The molecule has 0 aliphatic carbocycles. The molecule has 1 amide bonds. The van der Waals surface area contributed by atoms with Gasteiger partial charge in [0.1, 0.15) is 5.75 Å². The Hall–Kier alpha value is -2.31. The van der Waals surface area contributed by atoms with E-state index in [-0.39, 0.29) is 17.6 Å². The average molecular weight is 350 g/mol. The van der Waals surface area contributed by atoms with Gasteiger partial charge in [-0.05, 0) is 61.1 Å². The van der Waals surface area contributed by atoms with E-state index in [2.05, 4.69) is 16.2 Å². The SMILES string of the molecule is Cc1cccc(OCC(=O)NNC(=S)Nc2ccc(Cl)cc2)c1. The fraction of sp³-hybridized carbons (Fsp3) is 0.125. The van der Waals surface area contributed by atoms with E-state index in [0.717, 1.165) is 11.3 Å². The van der Waals surface area contributed by atoms with Crippen molar-refractivity contribution >= 4 is 40.5 Å². The van der Waals surface area contributed by atoms with Crippen LogP contribution in [0.1, 0.15) is 5.56 Å². The Morgan fingerprint density at radius 1 is 1.17 bits per heavy atom. The first kappa shape index (κ1) is 17.1. The maximum atomic E-state index is 11.7. The van der Waals surface area contributed by atoms with Crippen LogP contribution in [0.5, 0.6) is 5.75 Å². The predicted octanol–water partition coefficient (Wildman–Crippen LogP) is 3.05. The molecule has 0 unspecified atom stereocenters. The zero-order valence-electron chi connectivity index (χ0n) is 12.4. The van der Waals surface area contributed by atoms with E-state index in [4.69, 9.17) is 28.6 Å². The molecule has 2 aromatic carbocycles. The van der Waals surface area contributed by atoms with Crippen LogP contribution in [0.15, 0.2) is 48.5 Å². The standard InChI is InChI=1S/C16H16ClN3O2S/c1-11-3-2-4-14(9-11)22-10-15(21)19-20-16(23)18-13-7-5-12(17)6-8-13/h2-9H,10H2,1H3,(H,19,21)(H2,18,20,23). The van der Waals surface area contributed by atoms with Gasteiger partial charge in [0.2, 0.25) is 0 Å². The monoisotopic (exact) mass is 349 g/mol. The van der Waals surface area contributed by atoms with Gasteiger partial charge in [-0.3, -0.25) is 15.6 Å². The molecule has 0 saturated heterocycles. The number of hydrogen-bond acceptors (Lipinski definition) is 3. The molecule has 0 spiro atoms. The van der Waals surface area contributed by atoms with E-state index < -0.39 is 0 Å². The fourth-order valence-corrected chi connectivity index (χ4v) is 2.01. The third-order valence-corrected chi connectivity index (χ3v) is 3.23. The summed E-state index contributed by atoms with van der Waals surface area (Å²) < 4.78 is 5.38. The third kappa shape index (κ3) is 6.14. The highest BCUT2D eigenvalue weighted by atomic mass is 35.5. The molecule has 0 bridgehead atoms. The van der Waals surface area contributed by atoms with Crippen LogP contribution >= 0.6 is 23.8 Å². The maximum absolute atomic E-state index is 11.7. The molecule has 0 radical (unpaired) electrons. The minimum absolute atomic E-state index is 0.111. The molecule has 3 N–H and O–H groups in total. The van der Waals surface area contributed by atoms with E-state index in [1.807, 2.05) is 25.1 Å². The van der Waals surface area contributed by atoms with Crippen LogP contribution in [-0.4, -0.2) is 17.6 Å². The van der Waals surface area contributed by atoms with E-state index in [1.54, 1.807) is 30.3 Å². The third-order valence-electron chi connectivity index (χ3n) is 2.78. The number of ether oxygens (including phenoxy) is 1. The van der Waals surface area contributed by atoms with Crippen molar-refractivity contribution in [3.8, 4) is 5.75 Å². The molecule has 2 rings (SSSR count). The quantitative estimate of drug-likeness (QED) is 0.585. The van der Waals surface area contributed by atoms with Crippen LogP contribution in [0, 0.1) is 6.92 Å². The van der Waals surface area contributed by atoms with E-state index in [1.165, 1.54) is 0 Å². The van der Waals surface area contributed by atoms with Crippen molar-refractivity contribution in [2.24, 2.45) is 0 Å². The van der Waals surface area contributed by atoms with Crippen LogP contribution in [0.4, 0.5) is 5.69 Å². The summed E-state index contributed by atoms with van der Waals surface area (Å²) in [5.41, 5.74) is 6.88. The summed E-state index contributed by atoms with van der Waals surface area (Å²) in [5, 5.41) is 3.81. The summed E-state index contributed by atoms with van der Waals surface area (Å²) in [6, 6.07) is 14.5.